The third-order valence-electron chi connectivity index (χ3n) is 5.01. The van der Waals surface area contributed by atoms with E-state index in [2.05, 4.69) is 76.2 Å². The van der Waals surface area contributed by atoms with Gasteiger partial charge in [-0.15, -0.1) is 34.2 Å². The summed E-state index contributed by atoms with van der Waals surface area (Å²) in [4.78, 5) is 0. The van der Waals surface area contributed by atoms with E-state index in [9.17, 15) is 0 Å². The molecule has 0 saturated carbocycles. The summed E-state index contributed by atoms with van der Waals surface area (Å²) in [5.74, 6) is 0. The number of halogens is 3. The number of hydrogen-bond acceptors (Lipinski definition) is 0. The quantitative estimate of drug-likeness (QED) is 0.191. The summed E-state index contributed by atoms with van der Waals surface area (Å²) in [5.41, 5.74) is 4.36. The van der Waals surface area contributed by atoms with Gasteiger partial charge in [0.2, 0.25) is 0 Å². The van der Waals surface area contributed by atoms with Crippen LogP contribution in [0.4, 0.5) is 0 Å². The van der Waals surface area contributed by atoms with Crippen LogP contribution in [-0.4, -0.2) is 8.80 Å². The Labute approximate surface area is 206 Å². The molecule has 28 heavy (non-hydrogen) atoms. The van der Waals surface area contributed by atoms with Crippen LogP contribution < -0.4 is 47.6 Å². The summed E-state index contributed by atoms with van der Waals surface area (Å²) in [6.07, 6.45) is 3.98. The summed E-state index contributed by atoms with van der Waals surface area (Å²) < 4.78 is 0. The second-order valence-electron chi connectivity index (χ2n) is 7.04. The van der Waals surface area contributed by atoms with Crippen LogP contribution >= 0.6 is 0 Å². The molecule has 0 amide bonds. The van der Waals surface area contributed by atoms with Gasteiger partial charge in [-0.25, -0.2) is 0 Å². The molecule has 3 aromatic carbocycles. The number of hydrogen-bond donors (Lipinski definition) is 0. The van der Waals surface area contributed by atoms with Gasteiger partial charge in [-0.05, 0) is 20.8 Å². The molecule has 0 N–H and O–H groups in total. The van der Waals surface area contributed by atoms with Crippen molar-refractivity contribution in [3.63, 3.8) is 0 Å². The van der Waals surface area contributed by atoms with Crippen molar-refractivity contribution in [2.45, 2.75) is 53.0 Å². The maximum absolute atomic E-state index is 2.41. The van der Waals surface area contributed by atoms with E-state index in [-0.39, 0.29) is 58.9 Å². The molecule has 0 fully saturated rings. The minimum atomic E-state index is -0.731. The standard InChI is InChI=1S/C23H28Si.3ClH.Ti/c1-5-6-9-14-24(23-18(3)15-17(2)16-19(23)4)22-13-12-20-10-7-8-11-21(20)22;;;;/h7-8,10-13,15-16H,5-6,9,14H2,1-4H3;3*1H;/q-1;;;;+4/p-3. The van der Waals surface area contributed by atoms with Crippen molar-refractivity contribution in [1.82, 2.24) is 0 Å². The molecule has 1 radical (unpaired) electrons. The summed E-state index contributed by atoms with van der Waals surface area (Å²) in [7, 11) is -0.731. The average Bonchev–Trinajstić information content (AvgIpc) is 2.96. The maximum Gasteiger partial charge on any atom is 4.00 e. The predicted molar refractivity (Wildman–Crippen MR) is 110 cm³/mol. The van der Waals surface area contributed by atoms with Crippen LogP contribution in [0, 0.1) is 20.8 Å². The molecule has 0 bridgehead atoms. The van der Waals surface area contributed by atoms with E-state index < -0.39 is 8.80 Å². The normalized spacial score (nSPS) is 9.89. The van der Waals surface area contributed by atoms with Gasteiger partial charge in [0.25, 0.3) is 0 Å². The molecular weight excluding hydrogens is 459 g/mol. The molecule has 0 aliphatic rings. The van der Waals surface area contributed by atoms with Crippen molar-refractivity contribution < 1.29 is 58.9 Å². The number of benzene rings is 2. The van der Waals surface area contributed by atoms with E-state index >= 15 is 0 Å². The van der Waals surface area contributed by atoms with Crippen LogP contribution in [0.25, 0.3) is 10.8 Å². The van der Waals surface area contributed by atoms with Gasteiger partial charge >= 0.3 is 21.7 Å². The third kappa shape index (κ3) is 6.69. The third-order valence-corrected chi connectivity index (χ3v) is 8.35. The van der Waals surface area contributed by atoms with Crippen LogP contribution in [0.15, 0.2) is 48.5 Å². The first-order valence-electron chi connectivity index (χ1n) is 9.20. The Hall–Kier alpha value is -0.149. The fourth-order valence-electron chi connectivity index (χ4n) is 4.02. The molecular formula is C23H28Cl3SiTi. The smallest absolute Gasteiger partial charge is 1.00 e. The molecule has 0 saturated heterocycles. The van der Waals surface area contributed by atoms with Gasteiger partial charge < -0.3 is 37.2 Å². The van der Waals surface area contributed by atoms with Gasteiger partial charge in [0.05, 0.1) is 8.80 Å². The van der Waals surface area contributed by atoms with Crippen molar-refractivity contribution in [1.29, 1.82) is 0 Å². The molecule has 0 spiro atoms. The zero-order chi connectivity index (χ0) is 17.1. The number of fused-ring (bicyclic) bond motifs is 1. The van der Waals surface area contributed by atoms with Crippen LogP contribution in [0.5, 0.6) is 0 Å². The maximum atomic E-state index is 2.41. The Kier molecular flexibility index (Phi) is 15.0. The first-order chi connectivity index (χ1) is 11.6. The fourth-order valence-corrected chi connectivity index (χ4v) is 7.34. The largest absolute Gasteiger partial charge is 4.00 e. The second-order valence-corrected chi connectivity index (χ2v) is 9.54. The van der Waals surface area contributed by atoms with E-state index in [0.29, 0.717) is 0 Å². The molecule has 3 aromatic rings. The monoisotopic (exact) mass is 485 g/mol. The van der Waals surface area contributed by atoms with Gasteiger partial charge in [-0.1, -0.05) is 72.3 Å². The Balaban J connectivity index is 0. The van der Waals surface area contributed by atoms with Crippen LogP contribution in [0.3, 0.4) is 0 Å². The predicted octanol–water partition coefficient (Wildman–Crippen LogP) is -3.71. The SMILES string of the molecule is CCCCC[Si](c1c(C)cc(C)cc1C)[c-]1ccc2ccccc21.[Cl-].[Cl-].[Cl-].[Ti+4]. The Morgan fingerprint density at radius 3 is 2.07 bits per heavy atom. The Morgan fingerprint density at radius 2 is 1.46 bits per heavy atom. The number of unbranched alkanes of at least 4 members (excludes halogenated alkanes) is 2. The average molecular weight is 487 g/mol. The van der Waals surface area contributed by atoms with Crippen molar-refractivity contribution in [2.24, 2.45) is 0 Å². The summed E-state index contributed by atoms with van der Waals surface area (Å²) in [6, 6.07) is 19.7. The molecule has 0 aliphatic carbocycles. The molecule has 0 nitrogen and oxygen atoms in total. The van der Waals surface area contributed by atoms with Gasteiger partial charge in [0.15, 0.2) is 0 Å². The van der Waals surface area contributed by atoms with E-state index in [0.717, 1.165) is 0 Å². The summed E-state index contributed by atoms with van der Waals surface area (Å²) >= 11 is 0. The molecule has 0 aromatic heterocycles. The van der Waals surface area contributed by atoms with Crippen LogP contribution in [0.1, 0.15) is 42.9 Å². The first kappa shape index (κ1) is 30.0. The van der Waals surface area contributed by atoms with E-state index in [1.54, 1.807) is 10.4 Å². The topological polar surface area (TPSA) is 0 Å². The zero-order valence-corrected chi connectivity index (χ0v) is 21.9. The minimum absolute atomic E-state index is 0. The van der Waals surface area contributed by atoms with Gasteiger partial charge in [0.1, 0.15) is 0 Å². The summed E-state index contributed by atoms with van der Waals surface area (Å²) in [5, 5.41) is 6.13. The molecule has 0 aliphatic heterocycles. The van der Waals surface area contributed by atoms with Crippen molar-refractivity contribution in [3.8, 4) is 0 Å². The van der Waals surface area contributed by atoms with Crippen molar-refractivity contribution in [2.75, 3.05) is 0 Å². The second kappa shape index (κ2) is 14.0. The van der Waals surface area contributed by atoms with Crippen molar-refractivity contribution in [3.05, 3.63) is 65.2 Å². The van der Waals surface area contributed by atoms with E-state index in [1.165, 1.54) is 52.8 Å². The molecule has 5 heteroatoms. The van der Waals surface area contributed by atoms with E-state index in [4.69, 9.17) is 0 Å². The van der Waals surface area contributed by atoms with Crippen molar-refractivity contribution >= 4 is 29.9 Å². The van der Waals surface area contributed by atoms with Crippen LogP contribution in [0.2, 0.25) is 6.04 Å². The zero-order valence-electron chi connectivity index (χ0n) is 17.1. The fraction of sp³-hybridized carbons (Fsp3) is 0.348. The van der Waals surface area contributed by atoms with E-state index in [1.807, 2.05) is 0 Å². The molecule has 3 rings (SSSR count). The van der Waals surface area contributed by atoms with Gasteiger partial charge in [0, 0.05) is 0 Å². The molecule has 0 atom stereocenters. The first-order valence-corrected chi connectivity index (χ1v) is 10.9. The van der Waals surface area contributed by atoms with Gasteiger partial charge in [-0.3, -0.25) is 0 Å². The molecule has 149 valence electrons. The van der Waals surface area contributed by atoms with Gasteiger partial charge in [-0.2, -0.15) is 12.1 Å². The number of aryl methyl sites for hydroxylation is 3. The van der Waals surface area contributed by atoms with Crippen LogP contribution in [-0.2, 0) is 21.7 Å². The Morgan fingerprint density at radius 1 is 0.857 bits per heavy atom. The number of rotatable bonds is 6. The molecule has 0 unspecified atom stereocenters. The Bertz CT molecular complexity index is 822. The minimum Gasteiger partial charge on any atom is -1.00 e. The summed E-state index contributed by atoms with van der Waals surface area (Å²) in [6.45, 7) is 9.13. The molecule has 0 heterocycles.